The highest BCUT2D eigenvalue weighted by atomic mass is 32.2. The molecule has 1 N–H and O–H groups in total. The minimum absolute atomic E-state index is 0.0209. The molecule has 1 amide bonds. The number of hydrogen-bond acceptors (Lipinski definition) is 6. The zero-order valence-corrected chi connectivity index (χ0v) is 18.8. The van der Waals surface area contributed by atoms with Crippen LogP contribution in [-0.4, -0.2) is 33.5 Å². The number of rotatable bonds is 8. The molecule has 0 bridgehead atoms. The Balaban J connectivity index is 1.57. The van der Waals surface area contributed by atoms with Gasteiger partial charge in [-0.05, 0) is 42.6 Å². The van der Waals surface area contributed by atoms with E-state index in [-0.39, 0.29) is 17.7 Å². The minimum atomic E-state index is -0.0450. The zero-order valence-electron chi connectivity index (χ0n) is 17.2. The first-order valence-electron chi connectivity index (χ1n) is 9.76. The van der Waals surface area contributed by atoms with E-state index in [4.69, 9.17) is 4.74 Å². The van der Waals surface area contributed by atoms with Crippen LogP contribution in [0.2, 0.25) is 0 Å². The van der Waals surface area contributed by atoms with Gasteiger partial charge in [0.15, 0.2) is 11.0 Å². The van der Waals surface area contributed by atoms with Crippen LogP contribution in [0.1, 0.15) is 17.8 Å². The molecule has 6 nitrogen and oxygen atoms in total. The molecule has 1 atom stereocenters. The Hall–Kier alpha value is -3.10. The van der Waals surface area contributed by atoms with Crippen molar-refractivity contribution < 1.29 is 9.53 Å². The van der Waals surface area contributed by atoms with Crippen LogP contribution in [0.5, 0.6) is 5.75 Å². The number of methoxy groups -OCH3 is 1. The first-order valence-corrected chi connectivity index (χ1v) is 11.6. The minimum Gasteiger partial charge on any atom is -0.497 e. The second-order valence-electron chi connectivity index (χ2n) is 6.80. The van der Waals surface area contributed by atoms with Crippen LogP contribution < -0.4 is 10.1 Å². The molecule has 4 rings (SSSR count). The maximum absolute atomic E-state index is 12.5. The van der Waals surface area contributed by atoms with Crippen molar-refractivity contribution >= 4 is 29.0 Å². The Bertz CT molecular complexity index is 1130. The lowest BCUT2D eigenvalue weighted by atomic mass is 10.2. The van der Waals surface area contributed by atoms with Crippen molar-refractivity contribution in [2.24, 2.45) is 0 Å². The van der Waals surface area contributed by atoms with E-state index in [1.54, 1.807) is 18.4 Å². The monoisotopic (exact) mass is 450 g/mol. The largest absolute Gasteiger partial charge is 0.497 e. The molecule has 0 radical (unpaired) electrons. The van der Waals surface area contributed by atoms with Crippen molar-refractivity contribution in [1.29, 1.82) is 0 Å². The van der Waals surface area contributed by atoms with Gasteiger partial charge < -0.3 is 10.1 Å². The van der Waals surface area contributed by atoms with Crippen LogP contribution in [0.3, 0.4) is 0 Å². The molecule has 0 saturated heterocycles. The van der Waals surface area contributed by atoms with Gasteiger partial charge in [0.05, 0.1) is 18.9 Å². The van der Waals surface area contributed by atoms with E-state index in [0.717, 1.165) is 27.7 Å². The summed E-state index contributed by atoms with van der Waals surface area (Å²) in [5.41, 5.74) is 1.85. The maximum atomic E-state index is 12.5. The molecular weight excluding hydrogens is 428 g/mol. The predicted molar refractivity (Wildman–Crippen MR) is 125 cm³/mol. The lowest BCUT2D eigenvalue weighted by Crippen LogP contribution is -2.27. The highest BCUT2D eigenvalue weighted by Crippen LogP contribution is 2.29. The number of hydrogen-bond donors (Lipinski definition) is 1. The third-order valence-electron chi connectivity index (χ3n) is 4.68. The van der Waals surface area contributed by atoms with E-state index in [0.29, 0.717) is 5.16 Å². The van der Waals surface area contributed by atoms with Gasteiger partial charge in [0, 0.05) is 16.1 Å². The Morgan fingerprint density at radius 2 is 1.87 bits per heavy atom. The van der Waals surface area contributed by atoms with Gasteiger partial charge in [0.25, 0.3) is 0 Å². The summed E-state index contributed by atoms with van der Waals surface area (Å²) in [4.78, 5) is 13.7. The normalized spacial score (nSPS) is 11.8. The summed E-state index contributed by atoms with van der Waals surface area (Å²) in [5, 5.41) is 14.5. The SMILES string of the molecule is COc1ccc(-n2c(SCC(=O)NC(C)c3cccs3)nnc2-c2ccccc2)cc1. The van der Waals surface area contributed by atoms with Crippen molar-refractivity contribution in [3.05, 3.63) is 77.0 Å². The van der Waals surface area contributed by atoms with E-state index in [1.165, 1.54) is 11.8 Å². The quantitative estimate of drug-likeness (QED) is 0.384. The summed E-state index contributed by atoms with van der Waals surface area (Å²) in [6.07, 6.45) is 0. The molecule has 0 saturated carbocycles. The smallest absolute Gasteiger partial charge is 0.230 e. The molecule has 8 heteroatoms. The highest BCUT2D eigenvalue weighted by molar-refractivity contribution is 7.99. The number of thiophene rings is 1. The standard InChI is InChI=1S/C23H22N4O2S2/c1-16(20-9-6-14-30-20)24-21(28)15-31-23-26-25-22(17-7-4-3-5-8-17)27(23)18-10-12-19(29-2)13-11-18/h3-14,16H,15H2,1-2H3,(H,24,28). The van der Waals surface area contributed by atoms with Crippen molar-refractivity contribution in [2.75, 3.05) is 12.9 Å². The average molecular weight is 451 g/mol. The van der Waals surface area contributed by atoms with Gasteiger partial charge >= 0.3 is 0 Å². The van der Waals surface area contributed by atoms with E-state index in [1.807, 2.05) is 83.6 Å². The topological polar surface area (TPSA) is 69.0 Å². The van der Waals surface area contributed by atoms with Gasteiger partial charge in [-0.1, -0.05) is 48.2 Å². The van der Waals surface area contributed by atoms with Crippen LogP contribution in [0.4, 0.5) is 0 Å². The van der Waals surface area contributed by atoms with Crippen LogP contribution >= 0.6 is 23.1 Å². The van der Waals surface area contributed by atoms with Crippen molar-refractivity contribution in [1.82, 2.24) is 20.1 Å². The summed E-state index contributed by atoms with van der Waals surface area (Å²) in [7, 11) is 1.64. The van der Waals surface area contributed by atoms with Crippen molar-refractivity contribution in [2.45, 2.75) is 18.1 Å². The van der Waals surface area contributed by atoms with Crippen LogP contribution in [0.25, 0.3) is 17.1 Å². The second kappa shape index (κ2) is 9.80. The molecule has 0 spiro atoms. The zero-order chi connectivity index (χ0) is 21.6. The van der Waals surface area contributed by atoms with Gasteiger partial charge in [-0.3, -0.25) is 9.36 Å². The fourth-order valence-electron chi connectivity index (χ4n) is 3.12. The number of thioether (sulfide) groups is 1. The molecule has 2 heterocycles. The average Bonchev–Trinajstić information content (AvgIpc) is 3.49. The van der Waals surface area contributed by atoms with Crippen molar-refractivity contribution in [3.8, 4) is 22.8 Å². The summed E-state index contributed by atoms with van der Waals surface area (Å²) in [6.45, 7) is 1.99. The van der Waals surface area contributed by atoms with Crippen molar-refractivity contribution in [3.63, 3.8) is 0 Å². The molecule has 4 aromatic rings. The summed E-state index contributed by atoms with van der Waals surface area (Å²) < 4.78 is 7.25. The van der Waals surface area contributed by atoms with Gasteiger partial charge in [0.2, 0.25) is 5.91 Å². The first-order chi connectivity index (χ1) is 15.2. The number of nitrogens with one attached hydrogen (secondary N) is 1. The summed E-state index contributed by atoms with van der Waals surface area (Å²) >= 11 is 3.00. The number of carbonyl (C=O) groups excluding carboxylic acids is 1. The number of aromatic nitrogens is 3. The van der Waals surface area contributed by atoms with Gasteiger partial charge in [-0.15, -0.1) is 21.5 Å². The van der Waals surface area contributed by atoms with E-state index in [9.17, 15) is 4.79 Å². The maximum Gasteiger partial charge on any atom is 0.230 e. The van der Waals surface area contributed by atoms with Crippen LogP contribution in [0.15, 0.2) is 77.3 Å². The summed E-state index contributed by atoms with van der Waals surface area (Å²) in [5.74, 6) is 1.70. The predicted octanol–water partition coefficient (Wildman–Crippen LogP) is 4.97. The molecule has 2 aromatic carbocycles. The Labute approximate surface area is 189 Å². The second-order valence-corrected chi connectivity index (χ2v) is 8.72. The number of nitrogens with zero attached hydrogens (tertiary/aromatic N) is 3. The van der Waals surface area contributed by atoms with Crippen LogP contribution in [-0.2, 0) is 4.79 Å². The third kappa shape index (κ3) is 4.98. The molecule has 0 aliphatic rings. The molecule has 0 aliphatic heterocycles. The van der Waals surface area contributed by atoms with E-state index >= 15 is 0 Å². The number of ether oxygens (including phenoxy) is 1. The molecule has 158 valence electrons. The Morgan fingerprint density at radius 1 is 1.10 bits per heavy atom. The number of benzene rings is 2. The number of amides is 1. The molecular formula is C23H22N4O2S2. The molecule has 0 fully saturated rings. The van der Waals surface area contributed by atoms with Gasteiger partial charge in [-0.2, -0.15) is 0 Å². The third-order valence-corrected chi connectivity index (χ3v) is 6.66. The van der Waals surface area contributed by atoms with Crippen LogP contribution in [0, 0.1) is 0 Å². The highest BCUT2D eigenvalue weighted by Gasteiger charge is 2.18. The number of carbonyl (C=O) groups is 1. The van der Waals surface area contributed by atoms with Gasteiger partial charge in [0.1, 0.15) is 5.75 Å². The van der Waals surface area contributed by atoms with Gasteiger partial charge in [-0.25, -0.2) is 0 Å². The fourth-order valence-corrected chi connectivity index (χ4v) is 4.62. The summed E-state index contributed by atoms with van der Waals surface area (Å²) in [6, 6.07) is 21.6. The fraction of sp³-hybridized carbons (Fsp3) is 0.174. The lowest BCUT2D eigenvalue weighted by molar-refractivity contribution is -0.119. The first kappa shape index (κ1) is 21.1. The molecule has 31 heavy (non-hydrogen) atoms. The Morgan fingerprint density at radius 3 is 2.55 bits per heavy atom. The molecule has 1 unspecified atom stereocenters. The molecule has 0 aliphatic carbocycles. The van der Waals surface area contributed by atoms with E-state index < -0.39 is 0 Å². The Kier molecular flexibility index (Phi) is 6.69. The lowest BCUT2D eigenvalue weighted by Gasteiger charge is -2.13. The van der Waals surface area contributed by atoms with E-state index in [2.05, 4.69) is 15.5 Å². The molecule has 2 aromatic heterocycles.